The van der Waals surface area contributed by atoms with Crippen LogP contribution in [0, 0.1) is 6.92 Å². The molecule has 1 amide bonds. The number of fused-ring (bicyclic) bond motifs is 1. The van der Waals surface area contributed by atoms with Crippen molar-refractivity contribution >= 4 is 11.6 Å². The Balaban J connectivity index is 1.64. The quantitative estimate of drug-likeness (QED) is 0.915. The summed E-state index contributed by atoms with van der Waals surface area (Å²) in [4.78, 5) is 12.3. The van der Waals surface area contributed by atoms with E-state index < -0.39 is 6.10 Å². The number of benzene rings is 2. The summed E-state index contributed by atoms with van der Waals surface area (Å²) in [6.07, 6.45) is 4.23. The maximum absolute atomic E-state index is 12.3. The Kier molecular flexibility index (Phi) is 4.65. The number of amides is 1. The highest BCUT2D eigenvalue weighted by atomic mass is 16.5. The summed E-state index contributed by atoms with van der Waals surface area (Å²) in [5.41, 5.74) is 4.70. The van der Waals surface area contributed by atoms with Gasteiger partial charge in [0.05, 0.1) is 0 Å². The minimum Gasteiger partial charge on any atom is -0.481 e. The van der Waals surface area contributed by atoms with Crippen LogP contribution in [0.1, 0.15) is 36.5 Å². The number of ether oxygens (including phenoxy) is 1. The van der Waals surface area contributed by atoms with E-state index in [0.29, 0.717) is 0 Å². The molecule has 1 atom stereocenters. The zero-order chi connectivity index (χ0) is 16.2. The molecule has 0 aromatic heterocycles. The number of rotatable bonds is 4. The van der Waals surface area contributed by atoms with Crippen LogP contribution in [0.15, 0.2) is 42.5 Å². The number of nitrogens with one attached hydrogen (secondary N) is 1. The summed E-state index contributed by atoms with van der Waals surface area (Å²) < 4.78 is 5.83. The number of aryl methyl sites for hydroxylation is 3. The Bertz CT molecular complexity index is 709. The topological polar surface area (TPSA) is 38.3 Å². The fraction of sp³-hybridized carbons (Fsp3) is 0.350. The van der Waals surface area contributed by atoms with Crippen molar-refractivity contribution in [3.8, 4) is 5.75 Å². The number of hydrogen-bond acceptors (Lipinski definition) is 2. The van der Waals surface area contributed by atoms with Gasteiger partial charge in [-0.2, -0.15) is 0 Å². The first-order chi connectivity index (χ1) is 11.1. The lowest BCUT2D eigenvalue weighted by Crippen LogP contribution is -2.30. The molecule has 0 radical (unpaired) electrons. The van der Waals surface area contributed by atoms with Gasteiger partial charge in [0.15, 0.2) is 6.10 Å². The average Bonchev–Trinajstić information content (AvgIpc) is 2.54. The van der Waals surface area contributed by atoms with Gasteiger partial charge in [-0.25, -0.2) is 0 Å². The van der Waals surface area contributed by atoms with Crippen LogP contribution >= 0.6 is 0 Å². The van der Waals surface area contributed by atoms with Crippen molar-refractivity contribution < 1.29 is 9.53 Å². The minimum atomic E-state index is -0.530. The van der Waals surface area contributed by atoms with E-state index in [4.69, 9.17) is 4.74 Å². The summed E-state index contributed by atoms with van der Waals surface area (Å²) in [5, 5.41) is 2.90. The van der Waals surface area contributed by atoms with Crippen LogP contribution < -0.4 is 10.1 Å². The van der Waals surface area contributed by atoms with Gasteiger partial charge in [-0.1, -0.05) is 18.2 Å². The maximum atomic E-state index is 12.3. The summed E-state index contributed by atoms with van der Waals surface area (Å²) in [6, 6.07) is 14.0. The van der Waals surface area contributed by atoms with Gasteiger partial charge < -0.3 is 10.1 Å². The van der Waals surface area contributed by atoms with Crippen LogP contribution in [-0.4, -0.2) is 12.0 Å². The lowest BCUT2D eigenvalue weighted by atomic mass is 9.92. The first-order valence-corrected chi connectivity index (χ1v) is 8.28. The van der Waals surface area contributed by atoms with Crippen molar-refractivity contribution in [3.63, 3.8) is 0 Å². The predicted octanol–water partition coefficient (Wildman–Crippen LogP) is 4.28. The van der Waals surface area contributed by atoms with E-state index in [-0.39, 0.29) is 5.91 Å². The lowest BCUT2D eigenvalue weighted by molar-refractivity contribution is -0.122. The first kappa shape index (κ1) is 15.6. The molecule has 2 aromatic rings. The highest BCUT2D eigenvalue weighted by molar-refractivity contribution is 5.94. The molecule has 120 valence electrons. The Morgan fingerprint density at radius 3 is 2.65 bits per heavy atom. The number of hydrogen-bond donors (Lipinski definition) is 1. The third kappa shape index (κ3) is 3.92. The molecule has 23 heavy (non-hydrogen) atoms. The fourth-order valence-electron chi connectivity index (χ4n) is 3.01. The third-order valence-corrected chi connectivity index (χ3v) is 4.29. The molecule has 3 nitrogen and oxygen atoms in total. The maximum Gasteiger partial charge on any atom is 0.265 e. The van der Waals surface area contributed by atoms with E-state index in [0.717, 1.165) is 29.8 Å². The van der Waals surface area contributed by atoms with Gasteiger partial charge in [-0.3, -0.25) is 4.79 Å². The normalized spacial score (nSPS) is 14.7. The molecule has 3 rings (SSSR count). The van der Waals surface area contributed by atoms with Gasteiger partial charge in [0, 0.05) is 5.69 Å². The molecule has 0 aliphatic heterocycles. The summed E-state index contributed by atoms with van der Waals surface area (Å²) in [7, 11) is 0. The highest BCUT2D eigenvalue weighted by Gasteiger charge is 2.16. The van der Waals surface area contributed by atoms with Gasteiger partial charge in [-0.05, 0) is 80.5 Å². The Morgan fingerprint density at radius 1 is 1.09 bits per heavy atom. The minimum absolute atomic E-state index is 0.131. The largest absolute Gasteiger partial charge is 0.481 e. The second-order valence-corrected chi connectivity index (χ2v) is 6.26. The number of carbonyl (C=O) groups is 1. The van der Waals surface area contributed by atoms with Gasteiger partial charge in [0.25, 0.3) is 5.91 Å². The summed E-state index contributed by atoms with van der Waals surface area (Å²) >= 11 is 0. The molecule has 0 bridgehead atoms. The summed E-state index contributed by atoms with van der Waals surface area (Å²) in [6.45, 7) is 3.78. The SMILES string of the molecule is Cc1cccc(NC(=O)[C@@H](C)Oc2ccc3c(c2)CCCC3)c1. The van der Waals surface area contributed by atoms with Gasteiger partial charge in [0.1, 0.15) is 5.75 Å². The number of carbonyl (C=O) groups excluding carboxylic acids is 1. The molecule has 0 heterocycles. The van der Waals surface area contributed by atoms with E-state index >= 15 is 0 Å². The standard InChI is InChI=1S/C20H23NO2/c1-14-6-5-9-18(12-14)21-20(22)15(2)23-19-11-10-16-7-3-4-8-17(16)13-19/h5-6,9-13,15H,3-4,7-8H2,1-2H3,(H,21,22)/t15-/m1/s1. The van der Waals surface area contributed by atoms with Crippen LogP contribution in [-0.2, 0) is 17.6 Å². The van der Waals surface area contributed by atoms with Gasteiger partial charge in [-0.15, -0.1) is 0 Å². The smallest absolute Gasteiger partial charge is 0.265 e. The van der Waals surface area contributed by atoms with Crippen LogP contribution in [0.4, 0.5) is 5.69 Å². The molecule has 1 N–H and O–H groups in total. The Morgan fingerprint density at radius 2 is 1.87 bits per heavy atom. The van der Waals surface area contributed by atoms with E-state index in [2.05, 4.69) is 17.4 Å². The van der Waals surface area contributed by atoms with Crippen LogP contribution in [0.25, 0.3) is 0 Å². The zero-order valence-electron chi connectivity index (χ0n) is 13.8. The van der Waals surface area contributed by atoms with Crippen LogP contribution in [0.5, 0.6) is 5.75 Å². The molecule has 0 saturated heterocycles. The Hall–Kier alpha value is -2.29. The van der Waals surface area contributed by atoms with Gasteiger partial charge in [0.2, 0.25) is 0 Å². The fourth-order valence-corrected chi connectivity index (χ4v) is 3.01. The van der Waals surface area contributed by atoms with Crippen molar-refractivity contribution in [1.82, 2.24) is 0 Å². The second kappa shape index (κ2) is 6.86. The van der Waals surface area contributed by atoms with Crippen molar-refractivity contribution in [2.45, 2.75) is 45.6 Å². The second-order valence-electron chi connectivity index (χ2n) is 6.26. The molecule has 3 heteroatoms. The predicted molar refractivity (Wildman–Crippen MR) is 93.0 cm³/mol. The van der Waals surface area contributed by atoms with E-state index in [1.54, 1.807) is 6.92 Å². The molecule has 1 aliphatic rings. The molecular weight excluding hydrogens is 286 g/mol. The van der Waals surface area contributed by atoms with Crippen molar-refractivity contribution in [2.75, 3.05) is 5.32 Å². The Labute approximate surface area is 137 Å². The van der Waals surface area contributed by atoms with Crippen molar-refractivity contribution in [3.05, 3.63) is 59.2 Å². The van der Waals surface area contributed by atoms with Crippen molar-refractivity contribution in [1.29, 1.82) is 0 Å². The molecule has 2 aromatic carbocycles. The van der Waals surface area contributed by atoms with Crippen LogP contribution in [0.2, 0.25) is 0 Å². The number of anilines is 1. The van der Waals surface area contributed by atoms with E-state index in [1.165, 1.54) is 24.0 Å². The first-order valence-electron chi connectivity index (χ1n) is 8.28. The van der Waals surface area contributed by atoms with Gasteiger partial charge >= 0.3 is 0 Å². The highest BCUT2D eigenvalue weighted by Crippen LogP contribution is 2.26. The van der Waals surface area contributed by atoms with Crippen molar-refractivity contribution in [2.24, 2.45) is 0 Å². The molecular formula is C20H23NO2. The monoisotopic (exact) mass is 309 g/mol. The third-order valence-electron chi connectivity index (χ3n) is 4.29. The van der Waals surface area contributed by atoms with E-state index in [9.17, 15) is 4.79 Å². The molecule has 0 spiro atoms. The molecule has 1 aliphatic carbocycles. The molecule has 0 unspecified atom stereocenters. The zero-order valence-corrected chi connectivity index (χ0v) is 13.8. The average molecular weight is 309 g/mol. The summed E-state index contributed by atoms with van der Waals surface area (Å²) in [5.74, 6) is 0.644. The molecule has 0 fully saturated rings. The van der Waals surface area contributed by atoms with Crippen LogP contribution in [0.3, 0.4) is 0 Å². The van der Waals surface area contributed by atoms with E-state index in [1.807, 2.05) is 37.3 Å². The lowest BCUT2D eigenvalue weighted by Gasteiger charge is -2.19. The molecule has 0 saturated carbocycles.